The Morgan fingerprint density at radius 1 is 0.532 bits per heavy atom. The van der Waals surface area contributed by atoms with Crippen LogP contribution in [0.25, 0.3) is 33.2 Å². The summed E-state index contributed by atoms with van der Waals surface area (Å²) in [6, 6.07) is 30.1. The van der Waals surface area contributed by atoms with Crippen molar-refractivity contribution < 1.29 is 80.2 Å². The van der Waals surface area contributed by atoms with Gasteiger partial charge in [0.1, 0.15) is 51.9 Å². The molecule has 4 aromatic heterocycles. The minimum absolute atomic E-state index is 0.0401. The normalized spacial score (nSPS) is 11.3. The van der Waals surface area contributed by atoms with Crippen molar-refractivity contribution in [1.29, 1.82) is 0 Å². The van der Waals surface area contributed by atoms with Crippen LogP contribution in [0.5, 0.6) is 40.2 Å². The first-order chi connectivity index (χ1) is 44.9. The molecule has 0 amide bonds. The SMILES string of the molecule is COc1cc(Br)c(Cl)cc1-n1c(=O)ccc2cc(S(=O)(=O)Oc3c(F)c(F)c(F)c(F)c3F)ccc21.COc1ccc(CN(c2ncco2)S(=O)(=O)c2ccc3c(ccc(=O)n3-c3cc(Cl)c(Br)cc3OC)c2)c(OC)c1.COc1ccc(CNc2ncco2)c(OC)c1. The standard InChI is InChI=1S/C28H23BrClN3O7S.C22H10BrClF5NO5S.C12H14N2O3/c1-37-19-6-4-18(25(13-19)38-2)16-32(28-31-10-11-40-28)41(35,36)20-7-8-23-17(12-20)5-9-27(34)33(23)24-15-22(30)21(29)14-26(24)39-3;1-34-15-7-11(23)12(24)8-14(15)30-13-4-3-10(6-9(13)2-5-16(30)31)36(32,33)35-22-20(28)18(26)17(25)19(27)21(22)29;1-15-10-4-3-9(11(7-10)16-2)8-14-12-13-5-6-17-12/h4-15H,16H2,1-3H3;2-8H,1H3;3-7H,8H2,1-2H3,(H,13,14). The van der Waals surface area contributed by atoms with Crippen LogP contribution in [-0.2, 0) is 33.2 Å². The Bertz CT molecular complexity index is 4990. The molecule has 94 heavy (non-hydrogen) atoms. The molecule has 0 aliphatic heterocycles. The number of nitrogens with one attached hydrogen (secondary N) is 1. The molecule has 0 bridgehead atoms. The van der Waals surface area contributed by atoms with Gasteiger partial charge in [-0.2, -0.15) is 17.2 Å². The van der Waals surface area contributed by atoms with E-state index in [1.165, 1.54) is 98.8 Å². The second kappa shape index (κ2) is 29.3. The number of pyridine rings is 2. The van der Waals surface area contributed by atoms with Gasteiger partial charge in [0.05, 0.1) is 98.9 Å². The molecular formula is C62H47Br2Cl2F5N6O15S2. The van der Waals surface area contributed by atoms with Gasteiger partial charge in [-0.15, -0.1) is 0 Å². The average molecular weight is 1510 g/mol. The van der Waals surface area contributed by atoms with Gasteiger partial charge < -0.3 is 46.8 Å². The number of sulfonamides is 1. The van der Waals surface area contributed by atoms with Gasteiger partial charge in [0.2, 0.25) is 34.8 Å². The van der Waals surface area contributed by atoms with E-state index in [0.29, 0.717) is 65.9 Å². The molecule has 0 fully saturated rings. The molecule has 0 saturated carbocycles. The van der Waals surface area contributed by atoms with Crippen molar-refractivity contribution in [3.63, 3.8) is 0 Å². The fourth-order valence-electron chi connectivity index (χ4n) is 9.13. The highest BCUT2D eigenvalue weighted by Gasteiger charge is 2.33. The molecule has 0 spiro atoms. The van der Waals surface area contributed by atoms with Crippen molar-refractivity contribution in [3.05, 3.63) is 226 Å². The molecule has 490 valence electrons. The zero-order chi connectivity index (χ0) is 67.9. The lowest BCUT2D eigenvalue weighted by atomic mass is 10.2. The number of fused-ring (bicyclic) bond motifs is 2. The van der Waals surface area contributed by atoms with E-state index in [2.05, 4.69) is 51.3 Å². The molecule has 32 heteroatoms. The van der Waals surface area contributed by atoms with Crippen LogP contribution < -0.4 is 53.3 Å². The zero-order valence-electron chi connectivity index (χ0n) is 49.3. The molecule has 0 aliphatic rings. The van der Waals surface area contributed by atoms with Crippen molar-refractivity contribution in [1.82, 2.24) is 19.1 Å². The number of anilines is 2. The third kappa shape index (κ3) is 14.6. The van der Waals surface area contributed by atoms with Crippen LogP contribution in [0.4, 0.5) is 34.0 Å². The molecular weight excluding hydrogens is 1460 g/mol. The van der Waals surface area contributed by atoms with E-state index < -0.39 is 65.4 Å². The van der Waals surface area contributed by atoms with Crippen LogP contribution in [0.2, 0.25) is 10.0 Å². The largest absolute Gasteiger partial charge is 0.497 e. The van der Waals surface area contributed by atoms with Crippen LogP contribution in [0.15, 0.2) is 183 Å². The fraction of sp³-hybridized carbons (Fsp3) is 0.129. The first-order valence-electron chi connectivity index (χ1n) is 26.7. The van der Waals surface area contributed by atoms with Gasteiger partial charge in [-0.1, -0.05) is 23.2 Å². The van der Waals surface area contributed by atoms with Crippen LogP contribution in [0.3, 0.4) is 0 Å². The lowest BCUT2D eigenvalue weighted by molar-refractivity contribution is 0.346. The monoisotopic (exact) mass is 1500 g/mol. The maximum Gasteiger partial charge on any atom is 0.339 e. The van der Waals surface area contributed by atoms with E-state index >= 15 is 0 Å². The first kappa shape index (κ1) is 69.0. The molecule has 11 rings (SSSR count). The number of nitrogens with zero attached hydrogens (tertiary/aromatic N) is 5. The van der Waals surface area contributed by atoms with Crippen LogP contribution in [0.1, 0.15) is 11.1 Å². The second-order valence-corrected chi connectivity index (χ2v) is 25.1. The number of hydrogen-bond acceptors (Lipinski definition) is 18. The number of oxazole rings is 2. The summed E-state index contributed by atoms with van der Waals surface area (Å²) >= 11 is 19.1. The van der Waals surface area contributed by atoms with Crippen molar-refractivity contribution in [2.24, 2.45) is 0 Å². The highest BCUT2D eigenvalue weighted by molar-refractivity contribution is 9.10. The van der Waals surface area contributed by atoms with Gasteiger partial charge in [0, 0.05) is 61.7 Å². The number of halogens is 9. The Kier molecular flexibility index (Phi) is 21.5. The number of aromatic nitrogens is 4. The molecule has 1 N–H and O–H groups in total. The summed E-state index contributed by atoms with van der Waals surface area (Å²) in [5, 5.41) is 4.29. The lowest BCUT2D eigenvalue weighted by Crippen LogP contribution is -2.31. The Hall–Kier alpha value is -9.33. The summed E-state index contributed by atoms with van der Waals surface area (Å²) in [6.07, 6.45) is 5.76. The molecule has 0 atom stereocenters. The third-order valence-corrected chi connectivity index (χ3v) is 19.0. The quantitative estimate of drug-likeness (QED) is 0.0342. The highest BCUT2D eigenvalue weighted by atomic mass is 79.9. The number of rotatable bonds is 19. The molecule has 0 radical (unpaired) electrons. The van der Waals surface area contributed by atoms with E-state index in [9.17, 15) is 48.4 Å². The van der Waals surface area contributed by atoms with Crippen molar-refractivity contribution in [2.75, 3.05) is 52.3 Å². The van der Waals surface area contributed by atoms with Crippen molar-refractivity contribution >= 4 is 109 Å². The lowest BCUT2D eigenvalue weighted by Gasteiger charge is -2.22. The van der Waals surface area contributed by atoms with Crippen molar-refractivity contribution in [2.45, 2.75) is 22.9 Å². The molecule has 7 aromatic carbocycles. The molecule has 11 aromatic rings. The maximum atomic E-state index is 14.1. The van der Waals surface area contributed by atoms with Gasteiger partial charge in [0.25, 0.3) is 27.2 Å². The van der Waals surface area contributed by atoms with E-state index in [1.807, 2.05) is 18.2 Å². The topological polar surface area (TPSA) is 244 Å². The second-order valence-electron chi connectivity index (χ2n) is 19.1. The number of hydrogen-bond donors (Lipinski definition) is 1. The first-order valence-corrected chi connectivity index (χ1v) is 31.9. The zero-order valence-corrected chi connectivity index (χ0v) is 55.7. The Balaban J connectivity index is 0.000000179. The minimum atomic E-state index is -5.08. The van der Waals surface area contributed by atoms with Gasteiger partial charge in [-0.3, -0.25) is 18.7 Å². The fourth-order valence-corrected chi connectivity index (χ4v) is 12.4. The Morgan fingerprint density at radius 2 is 1.00 bits per heavy atom. The molecule has 0 unspecified atom stereocenters. The average Bonchev–Trinajstić information content (AvgIpc) is 0.823. The van der Waals surface area contributed by atoms with Gasteiger partial charge in [-0.05, 0) is 129 Å². The molecule has 4 heterocycles. The predicted molar refractivity (Wildman–Crippen MR) is 344 cm³/mol. The smallest absolute Gasteiger partial charge is 0.339 e. The highest BCUT2D eigenvalue weighted by Crippen LogP contribution is 2.39. The summed E-state index contributed by atoms with van der Waals surface area (Å²) in [5.41, 5.74) is 1.93. The molecule has 21 nitrogen and oxygen atoms in total. The van der Waals surface area contributed by atoms with Gasteiger partial charge >= 0.3 is 16.1 Å². The predicted octanol–water partition coefficient (Wildman–Crippen LogP) is 14.0. The Morgan fingerprint density at radius 3 is 1.48 bits per heavy atom. The van der Waals surface area contributed by atoms with Crippen molar-refractivity contribution in [3.8, 4) is 51.6 Å². The van der Waals surface area contributed by atoms with Crippen LogP contribution in [0, 0.1) is 29.1 Å². The Labute approximate surface area is 557 Å². The third-order valence-electron chi connectivity index (χ3n) is 13.7. The minimum Gasteiger partial charge on any atom is -0.497 e. The summed E-state index contributed by atoms with van der Waals surface area (Å²) in [7, 11) is -0.197. The summed E-state index contributed by atoms with van der Waals surface area (Å²) in [5.74, 6) is -10.9. The van der Waals surface area contributed by atoms with E-state index in [-0.39, 0.29) is 50.4 Å². The van der Waals surface area contributed by atoms with Gasteiger partial charge in [-0.25, -0.2) is 35.9 Å². The van der Waals surface area contributed by atoms with E-state index in [0.717, 1.165) is 39.6 Å². The van der Waals surface area contributed by atoms with Crippen LogP contribution in [-0.4, -0.2) is 78.6 Å². The maximum absolute atomic E-state index is 14.1. The molecule has 0 aliphatic carbocycles. The van der Waals surface area contributed by atoms with E-state index in [1.54, 1.807) is 62.9 Å². The summed E-state index contributed by atoms with van der Waals surface area (Å²) < 4.78 is 173. The number of benzene rings is 7. The number of ether oxygens (including phenoxy) is 6. The van der Waals surface area contributed by atoms with E-state index in [4.69, 9.17) is 60.5 Å². The molecule has 0 saturated heterocycles. The number of methoxy groups -OCH3 is 6. The van der Waals surface area contributed by atoms with Gasteiger partial charge in [0.15, 0.2) is 0 Å². The summed E-state index contributed by atoms with van der Waals surface area (Å²) in [4.78, 5) is 33.1. The summed E-state index contributed by atoms with van der Waals surface area (Å²) in [6.45, 7) is 0.440. The van der Waals surface area contributed by atoms with Crippen LogP contribution >= 0.6 is 55.1 Å².